The minimum Gasteiger partial charge on any atom is -1.00 e. The third-order valence-electron chi connectivity index (χ3n) is 0.675. The molecule has 0 atom stereocenters. The SMILES string of the molecule is COC(CO)OC.[Ca+2].[H-].[H-]. The summed E-state index contributed by atoms with van der Waals surface area (Å²) in [5, 5.41) is 8.28. The number of aliphatic hydroxyl groups is 1. The standard InChI is InChI=1S/C4H10O3.Ca.2H/c1-6-4(3-5)7-2;;;/h4-5H,3H2,1-2H3;;;/q;+2;2*-1. The van der Waals surface area contributed by atoms with E-state index < -0.39 is 6.29 Å². The summed E-state index contributed by atoms with van der Waals surface area (Å²) >= 11 is 0. The first-order chi connectivity index (χ1) is 3.35. The van der Waals surface area contributed by atoms with Crippen LogP contribution in [0.1, 0.15) is 2.85 Å². The predicted molar refractivity (Wildman–Crippen MR) is 32.9 cm³/mol. The van der Waals surface area contributed by atoms with Gasteiger partial charge in [0.25, 0.3) is 0 Å². The Morgan fingerprint density at radius 1 is 1.50 bits per heavy atom. The maximum atomic E-state index is 8.28. The quantitative estimate of drug-likeness (QED) is 0.431. The monoisotopic (exact) mass is 148 g/mol. The van der Waals surface area contributed by atoms with Crippen LogP contribution in [-0.4, -0.2) is 70.0 Å². The summed E-state index contributed by atoms with van der Waals surface area (Å²) in [5.74, 6) is 0. The first kappa shape index (κ1) is 11.9. The summed E-state index contributed by atoms with van der Waals surface area (Å²) in [7, 11) is 2.95. The Balaban J connectivity index is -0.0000000600. The predicted octanol–water partition coefficient (Wildman–Crippen LogP) is -0.558. The minimum atomic E-state index is -0.458. The van der Waals surface area contributed by atoms with Gasteiger partial charge in [-0.25, -0.2) is 0 Å². The molecule has 0 rings (SSSR count). The van der Waals surface area contributed by atoms with Gasteiger partial charge in [-0.15, -0.1) is 0 Å². The van der Waals surface area contributed by atoms with Gasteiger partial charge in [0.05, 0.1) is 6.61 Å². The maximum absolute atomic E-state index is 8.28. The smallest absolute Gasteiger partial charge is 1.00 e. The molecule has 0 spiro atoms. The normalized spacial score (nSPS) is 9.00. The third kappa shape index (κ3) is 5.28. The van der Waals surface area contributed by atoms with Crippen molar-refractivity contribution >= 4 is 37.7 Å². The van der Waals surface area contributed by atoms with E-state index in [4.69, 9.17) is 5.11 Å². The summed E-state index contributed by atoms with van der Waals surface area (Å²) < 4.78 is 9.15. The summed E-state index contributed by atoms with van der Waals surface area (Å²) in [6, 6.07) is 0. The van der Waals surface area contributed by atoms with Gasteiger partial charge in [-0.2, -0.15) is 0 Å². The van der Waals surface area contributed by atoms with Crippen LogP contribution in [0.15, 0.2) is 0 Å². The molecule has 48 valence electrons. The number of rotatable bonds is 3. The molecule has 0 radical (unpaired) electrons. The van der Waals surface area contributed by atoms with Gasteiger partial charge in [-0.3, -0.25) is 0 Å². The average molecular weight is 148 g/mol. The van der Waals surface area contributed by atoms with Gasteiger partial charge in [-0.1, -0.05) is 0 Å². The molecule has 0 saturated heterocycles. The van der Waals surface area contributed by atoms with E-state index in [2.05, 4.69) is 9.47 Å². The molecule has 0 aromatic carbocycles. The number of methoxy groups -OCH3 is 2. The van der Waals surface area contributed by atoms with Gasteiger partial charge in [0.2, 0.25) is 0 Å². The fraction of sp³-hybridized carbons (Fsp3) is 1.00. The largest absolute Gasteiger partial charge is 2.00 e. The zero-order valence-electron chi connectivity index (χ0n) is 7.26. The van der Waals surface area contributed by atoms with Gasteiger partial charge in [0.15, 0.2) is 6.29 Å². The molecule has 0 unspecified atom stereocenters. The summed E-state index contributed by atoms with van der Waals surface area (Å²) in [4.78, 5) is 0. The molecule has 0 aromatic heterocycles. The van der Waals surface area contributed by atoms with Crippen molar-refractivity contribution in [2.45, 2.75) is 6.29 Å². The van der Waals surface area contributed by atoms with Crippen molar-refractivity contribution < 1.29 is 17.4 Å². The fourth-order valence-electron chi connectivity index (χ4n) is 0.245. The molecule has 0 bridgehead atoms. The first-order valence-electron chi connectivity index (χ1n) is 2.01. The first-order valence-corrected chi connectivity index (χ1v) is 2.01. The van der Waals surface area contributed by atoms with Gasteiger partial charge in [0, 0.05) is 14.2 Å². The third-order valence-corrected chi connectivity index (χ3v) is 0.675. The molecule has 0 aliphatic heterocycles. The zero-order chi connectivity index (χ0) is 5.70. The van der Waals surface area contributed by atoms with Gasteiger partial charge >= 0.3 is 37.7 Å². The van der Waals surface area contributed by atoms with Crippen LogP contribution >= 0.6 is 0 Å². The fourth-order valence-corrected chi connectivity index (χ4v) is 0.245. The van der Waals surface area contributed by atoms with Crippen LogP contribution in [0.25, 0.3) is 0 Å². The average Bonchev–Trinajstić information content (AvgIpc) is 1.72. The molecule has 0 saturated carbocycles. The second-order valence-corrected chi connectivity index (χ2v) is 1.08. The molecule has 0 amide bonds. The van der Waals surface area contributed by atoms with Crippen LogP contribution in [0.3, 0.4) is 0 Å². The van der Waals surface area contributed by atoms with Crippen LogP contribution in [0.2, 0.25) is 0 Å². The van der Waals surface area contributed by atoms with Crippen molar-refractivity contribution in [2.24, 2.45) is 0 Å². The maximum Gasteiger partial charge on any atom is 2.00 e. The topological polar surface area (TPSA) is 38.7 Å². The van der Waals surface area contributed by atoms with Crippen LogP contribution < -0.4 is 0 Å². The van der Waals surface area contributed by atoms with Gasteiger partial charge in [0.1, 0.15) is 0 Å². The van der Waals surface area contributed by atoms with E-state index >= 15 is 0 Å². The van der Waals surface area contributed by atoms with Crippen LogP contribution in [0.5, 0.6) is 0 Å². The van der Waals surface area contributed by atoms with E-state index in [-0.39, 0.29) is 47.2 Å². The van der Waals surface area contributed by atoms with Crippen molar-refractivity contribution in [2.75, 3.05) is 20.8 Å². The molecular weight excluding hydrogens is 136 g/mol. The number of hydrogen-bond acceptors (Lipinski definition) is 3. The van der Waals surface area contributed by atoms with E-state index in [0.29, 0.717) is 0 Å². The summed E-state index contributed by atoms with van der Waals surface area (Å²) in [6.07, 6.45) is -0.458. The van der Waals surface area contributed by atoms with E-state index in [0.717, 1.165) is 0 Å². The van der Waals surface area contributed by atoms with Crippen LogP contribution in [0, 0.1) is 0 Å². The van der Waals surface area contributed by atoms with E-state index in [9.17, 15) is 0 Å². The van der Waals surface area contributed by atoms with Gasteiger partial charge in [-0.05, 0) is 0 Å². The van der Waals surface area contributed by atoms with E-state index in [1.807, 2.05) is 0 Å². The minimum absolute atomic E-state index is 0. The molecule has 8 heavy (non-hydrogen) atoms. The summed E-state index contributed by atoms with van der Waals surface area (Å²) in [6.45, 7) is -0.0903. The molecule has 4 heteroatoms. The Kier molecular flexibility index (Phi) is 12.1. The van der Waals surface area contributed by atoms with Crippen molar-refractivity contribution in [3.63, 3.8) is 0 Å². The molecule has 0 aromatic rings. The Hall–Kier alpha value is 1.14. The van der Waals surface area contributed by atoms with E-state index in [1.165, 1.54) is 14.2 Å². The van der Waals surface area contributed by atoms with Crippen molar-refractivity contribution in [3.05, 3.63) is 0 Å². The number of hydrogen-bond donors (Lipinski definition) is 1. The number of aliphatic hydroxyl groups excluding tert-OH is 1. The second kappa shape index (κ2) is 8.14. The van der Waals surface area contributed by atoms with Crippen LogP contribution in [-0.2, 0) is 9.47 Å². The Morgan fingerprint density at radius 3 is 1.88 bits per heavy atom. The Bertz CT molecular complexity index is 40.0. The molecule has 0 aliphatic carbocycles. The summed E-state index contributed by atoms with van der Waals surface area (Å²) in [5.41, 5.74) is 0. The molecule has 3 nitrogen and oxygen atoms in total. The van der Waals surface area contributed by atoms with Crippen molar-refractivity contribution in [3.8, 4) is 0 Å². The number of ether oxygens (including phenoxy) is 2. The molecule has 0 aliphatic rings. The molecular formula is C4H12CaO3. The Morgan fingerprint density at radius 2 is 1.88 bits per heavy atom. The van der Waals surface area contributed by atoms with Crippen molar-refractivity contribution in [1.82, 2.24) is 0 Å². The molecule has 1 N–H and O–H groups in total. The van der Waals surface area contributed by atoms with Crippen molar-refractivity contribution in [1.29, 1.82) is 0 Å². The molecule has 0 fully saturated rings. The Labute approximate surface area is 81.9 Å². The second-order valence-electron chi connectivity index (χ2n) is 1.08. The molecule has 0 heterocycles. The van der Waals surface area contributed by atoms with Crippen LogP contribution in [0.4, 0.5) is 0 Å². The van der Waals surface area contributed by atoms with E-state index in [1.54, 1.807) is 0 Å². The van der Waals surface area contributed by atoms with Gasteiger partial charge < -0.3 is 17.4 Å². The zero-order valence-corrected chi connectivity index (χ0v) is 7.46.